The Morgan fingerprint density at radius 2 is 2.21 bits per heavy atom. The number of rotatable bonds is 4. The first-order valence-electron chi connectivity index (χ1n) is 4.51. The topological polar surface area (TPSA) is 16.1 Å². The zero-order valence-corrected chi connectivity index (χ0v) is 11.5. The molecule has 2 nitrogen and oxygen atoms in total. The van der Waals surface area contributed by atoms with Crippen LogP contribution in [0.5, 0.6) is 0 Å². The molecule has 0 aliphatic rings. The average Bonchev–Trinajstić information content (AvgIpc) is 2.07. The molecule has 0 amide bonds. The number of hydrogen-bond acceptors (Lipinski definition) is 2. The standard InChI is InChI=1S/C10H14Br2N2/c1-8(11)6-14(2)7-10-4-3-9(12)5-13-10/h3-5,8H,6-7H2,1-2H3. The van der Waals surface area contributed by atoms with Crippen LogP contribution in [0.25, 0.3) is 0 Å². The summed E-state index contributed by atoms with van der Waals surface area (Å²) >= 11 is 6.90. The molecule has 1 aromatic heterocycles. The molecule has 4 heteroatoms. The molecule has 0 aromatic carbocycles. The van der Waals surface area contributed by atoms with Crippen molar-refractivity contribution in [1.82, 2.24) is 9.88 Å². The summed E-state index contributed by atoms with van der Waals surface area (Å²) in [4.78, 5) is 7.08. The SMILES string of the molecule is CC(Br)CN(C)Cc1ccc(Br)cn1. The van der Waals surface area contributed by atoms with E-state index in [-0.39, 0.29) is 0 Å². The lowest BCUT2D eigenvalue weighted by molar-refractivity contribution is 0.329. The fourth-order valence-electron chi connectivity index (χ4n) is 1.27. The Kier molecular flexibility index (Phi) is 5.06. The first-order valence-corrected chi connectivity index (χ1v) is 6.22. The fourth-order valence-corrected chi connectivity index (χ4v) is 2.00. The van der Waals surface area contributed by atoms with E-state index in [1.807, 2.05) is 18.3 Å². The van der Waals surface area contributed by atoms with Gasteiger partial charge in [-0.1, -0.05) is 22.9 Å². The second-order valence-electron chi connectivity index (χ2n) is 3.45. The number of nitrogens with zero attached hydrogens (tertiary/aromatic N) is 2. The zero-order chi connectivity index (χ0) is 10.6. The lowest BCUT2D eigenvalue weighted by atomic mass is 10.3. The number of aromatic nitrogens is 1. The summed E-state index contributed by atoms with van der Waals surface area (Å²) in [6, 6.07) is 4.06. The van der Waals surface area contributed by atoms with Crippen LogP contribution in [0.4, 0.5) is 0 Å². The molecule has 0 radical (unpaired) electrons. The van der Waals surface area contributed by atoms with Gasteiger partial charge >= 0.3 is 0 Å². The summed E-state index contributed by atoms with van der Waals surface area (Å²) in [6.07, 6.45) is 1.83. The molecule has 1 rings (SSSR count). The van der Waals surface area contributed by atoms with Gasteiger partial charge in [0.2, 0.25) is 0 Å². The van der Waals surface area contributed by atoms with Crippen LogP contribution in [0.2, 0.25) is 0 Å². The predicted molar refractivity (Wildman–Crippen MR) is 66.7 cm³/mol. The van der Waals surface area contributed by atoms with Crippen molar-refractivity contribution < 1.29 is 0 Å². The lowest BCUT2D eigenvalue weighted by Gasteiger charge is -2.17. The molecular formula is C10H14Br2N2. The smallest absolute Gasteiger partial charge is 0.0544 e. The van der Waals surface area contributed by atoms with Crippen LogP contribution < -0.4 is 0 Å². The second kappa shape index (κ2) is 5.83. The van der Waals surface area contributed by atoms with E-state index < -0.39 is 0 Å². The number of alkyl halides is 1. The highest BCUT2D eigenvalue weighted by molar-refractivity contribution is 9.10. The maximum atomic E-state index is 4.32. The summed E-state index contributed by atoms with van der Waals surface area (Å²) < 4.78 is 1.03. The van der Waals surface area contributed by atoms with Crippen molar-refractivity contribution in [2.45, 2.75) is 18.3 Å². The minimum atomic E-state index is 0.517. The summed E-state index contributed by atoms with van der Waals surface area (Å²) in [5.41, 5.74) is 1.10. The van der Waals surface area contributed by atoms with Gasteiger partial charge in [0, 0.05) is 28.6 Å². The molecule has 14 heavy (non-hydrogen) atoms. The first kappa shape index (κ1) is 12.1. The van der Waals surface area contributed by atoms with Gasteiger partial charge in [-0.05, 0) is 35.1 Å². The summed E-state index contributed by atoms with van der Waals surface area (Å²) in [7, 11) is 2.10. The molecule has 0 aliphatic carbocycles. The number of halogens is 2. The van der Waals surface area contributed by atoms with Crippen LogP contribution in [-0.2, 0) is 6.54 Å². The highest BCUT2D eigenvalue weighted by Gasteiger charge is 2.04. The maximum Gasteiger partial charge on any atom is 0.0544 e. The monoisotopic (exact) mass is 320 g/mol. The van der Waals surface area contributed by atoms with Gasteiger partial charge < -0.3 is 0 Å². The Morgan fingerprint density at radius 1 is 1.50 bits per heavy atom. The van der Waals surface area contributed by atoms with Gasteiger partial charge in [0.1, 0.15) is 0 Å². The summed E-state index contributed by atoms with van der Waals surface area (Å²) in [5.74, 6) is 0. The van der Waals surface area contributed by atoms with E-state index in [0.29, 0.717) is 4.83 Å². The molecule has 78 valence electrons. The van der Waals surface area contributed by atoms with E-state index >= 15 is 0 Å². The third-order valence-corrected chi connectivity index (χ3v) is 2.54. The van der Waals surface area contributed by atoms with Crippen molar-refractivity contribution in [1.29, 1.82) is 0 Å². The van der Waals surface area contributed by atoms with Gasteiger partial charge in [0.25, 0.3) is 0 Å². The molecule has 1 atom stereocenters. The molecule has 1 aromatic rings. The molecule has 0 N–H and O–H groups in total. The fraction of sp³-hybridized carbons (Fsp3) is 0.500. The number of pyridine rings is 1. The zero-order valence-electron chi connectivity index (χ0n) is 8.37. The third kappa shape index (κ3) is 4.53. The van der Waals surface area contributed by atoms with Gasteiger partial charge in [-0.15, -0.1) is 0 Å². The molecule has 0 fully saturated rings. The van der Waals surface area contributed by atoms with Gasteiger partial charge in [-0.25, -0.2) is 0 Å². The normalized spacial score (nSPS) is 13.2. The lowest BCUT2D eigenvalue weighted by Crippen LogP contribution is -2.24. The Balaban J connectivity index is 2.47. The quantitative estimate of drug-likeness (QED) is 0.792. The van der Waals surface area contributed by atoms with Crippen LogP contribution in [0.15, 0.2) is 22.8 Å². The van der Waals surface area contributed by atoms with Gasteiger partial charge in [-0.2, -0.15) is 0 Å². The van der Waals surface area contributed by atoms with E-state index in [2.05, 4.69) is 55.7 Å². The molecule has 0 aliphatic heterocycles. The minimum Gasteiger partial charge on any atom is -0.299 e. The second-order valence-corrected chi connectivity index (χ2v) is 5.92. The molecule has 1 unspecified atom stereocenters. The van der Waals surface area contributed by atoms with Crippen molar-refractivity contribution in [3.05, 3.63) is 28.5 Å². The Hall–Kier alpha value is 0.0700. The van der Waals surface area contributed by atoms with Gasteiger partial charge in [0.05, 0.1) is 5.69 Å². The van der Waals surface area contributed by atoms with Gasteiger partial charge in [-0.3, -0.25) is 9.88 Å². The van der Waals surface area contributed by atoms with Gasteiger partial charge in [0.15, 0.2) is 0 Å². The van der Waals surface area contributed by atoms with E-state index in [0.717, 1.165) is 23.3 Å². The average molecular weight is 322 g/mol. The van der Waals surface area contributed by atoms with Crippen LogP contribution in [0.1, 0.15) is 12.6 Å². The Labute approximate surface area is 102 Å². The van der Waals surface area contributed by atoms with E-state index in [1.54, 1.807) is 0 Å². The number of hydrogen-bond donors (Lipinski definition) is 0. The van der Waals surface area contributed by atoms with Crippen LogP contribution >= 0.6 is 31.9 Å². The van der Waals surface area contributed by atoms with Crippen molar-refractivity contribution in [3.63, 3.8) is 0 Å². The van der Waals surface area contributed by atoms with Crippen LogP contribution in [-0.4, -0.2) is 28.3 Å². The maximum absolute atomic E-state index is 4.32. The van der Waals surface area contributed by atoms with E-state index in [9.17, 15) is 0 Å². The van der Waals surface area contributed by atoms with E-state index in [1.165, 1.54) is 0 Å². The van der Waals surface area contributed by atoms with Crippen molar-refractivity contribution in [2.75, 3.05) is 13.6 Å². The predicted octanol–water partition coefficient (Wildman–Crippen LogP) is 3.06. The highest BCUT2D eigenvalue weighted by atomic mass is 79.9. The van der Waals surface area contributed by atoms with Crippen molar-refractivity contribution in [2.24, 2.45) is 0 Å². The molecule has 0 bridgehead atoms. The minimum absolute atomic E-state index is 0.517. The van der Waals surface area contributed by atoms with Crippen molar-refractivity contribution >= 4 is 31.9 Å². The van der Waals surface area contributed by atoms with Crippen molar-refractivity contribution in [3.8, 4) is 0 Å². The Bertz CT molecular complexity index is 272. The molecular weight excluding hydrogens is 308 g/mol. The largest absolute Gasteiger partial charge is 0.299 e. The van der Waals surface area contributed by atoms with Crippen LogP contribution in [0, 0.1) is 0 Å². The third-order valence-electron chi connectivity index (χ3n) is 1.78. The Morgan fingerprint density at radius 3 is 2.71 bits per heavy atom. The molecule has 0 saturated carbocycles. The molecule has 0 spiro atoms. The highest BCUT2D eigenvalue weighted by Crippen LogP contribution is 2.09. The molecule has 1 heterocycles. The summed E-state index contributed by atoms with van der Waals surface area (Å²) in [5, 5.41) is 0. The molecule has 0 saturated heterocycles. The van der Waals surface area contributed by atoms with E-state index in [4.69, 9.17) is 0 Å². The first-order chi connectivity index (χ1) is 6.58. The van der Waals surface area contributed by atoms with Crippen LogP contribution in [0.3, 0.4) is 0 Å². The summed E-state index contributed by atoms with van der Waals surface area (Å²) in [6.45, 7) is 4.06.